The lowest BCUT2D eigenvalue weighted by molar-refractivity contribution is 0.219. The molecule has 0 bridgehead atoms. The van der Waals surface area contributed by atoms with Crippen molar-refractivity contribution in [1.82, 2.24) is 9.80 Å². The Morgan fingerprint density at radius 2 is 1.61 bits per heavy atom. The molecule has 0 amide bonds. The van der Waals surface area contributed by atoms with E-state index in [0.717, 1.165) is 30.1 Å². The topological polar surface area (TPSA) is 30.3 Å². The summed E-state index contributed by atoms with van der Waals surface area (Å²) in [4.78, 5) is 4.98. The highest BCUT2D eigenvalue weighted by Gasteiger charge is 2.29. The quantitative estimate of drug-likeness (QED) is 0.710. The average molecular weight is 374 g/mol. The van der Waals surface area contributed by atoms with Gasteiger partial charge in [0.25, 0.3) is 0 Å². The Bertz CT molecular complexity index is 808. The van der Waals surface area contributed by atoms with Crippen molar-refractivity contribution < 1.29 is 0 Å². The number of hydrogen-bond acceptors (Lipinski definition) is 3. The molecule has 1 aliphatic heterocycles. The third-order valence-corrected chi connectivity index (χ3v) is 6.35. The van der Waals surface area contributed by atoms with E-state index in [4.69, 9.17) is 0 Å². The maximum Gasteiger partial charge on any atom is 0.0995 e. The van der Waals surface area contributed by atoms with Crippen LogP contribution in [0.2, 0.25) is 0 Å². The third-order valence-electron chi connectivity index (χ3n) is 6.35. The maximum atomic E-state index is 9.38. The number of nitriles is 1. The molecular weight excluding hydrogens is 342 g/mol. The number of likely N-dealkylation sites (tertiary alicyclic amines) is 1. The zero-order chi connectivity index (χ0) is 19.3. The molecule has 2 aliphatic rings. The van der Waals surface area contributed by atoms with E-state index in [0.29, 0.717) is 6.04 Å². The van der Waals surface area contributed by atoms with E-state index < -0.39 is 0 Å². The van der Waals surface area contributed by atoms with Crippen LogP contribution in [-0.4, -0.2) is 36.0 Å². The van der Waals surface area contributed by atoms with Gasteiger partial charge in [0.1, 0.15) is 0 Å². The van der Waals surface area contributed by atoms with Gasteiger partial charge >= 0.3 is 0 Å². The summed E-state index contributed by atoms with van der Waals surface area (Å²) in [7, 11) is 2.23. The molecule has 28 heavy (non-hydrogen) atoms. The minimum atomic E-state index is 0.672. The standard InChI is InChI=1S/C25H31N3/c1-27-14-12-21(13-15-27)16-20-6-8-22(9-7-20)18-28(25-10-11-25)19-24-5-3-2-4-23(24)17-26/h2-9,21,25H,10-16,18-19H2,1H3. The first-order valence-electron chi connectivity index (χ1n) is 10.7. The number of nitrogens with zero attached hydrogens (tertiary/aromatic N) is 3. The zero-order valence-corrected chi connectivity index (χ0v) is 17.0. The Hall–Kier alpha value is -2.15. The first-order valence-corrected chi connectivity index (χ1v) is 10.7. The summed E-state index contributed by atoms with van der Waals surface area (Å²) >= 11 is 0. The molecule has 2 aromatic carbocycles. The van der Waals surface area contributed by atoms with Crippen LogP contribution in [0.25, 0.3) is 0 Å². The van der Waals surface area contributed by atoms with Crippen LogP contribution in [0.15, 0.2) is 48.5 Å². The zero-order valence-electron chi connectivity index (χ0n) is 17.0. The molecule has 0 atom stereocenters. The van der Waals surface area contributed by atoms with Crippen LogP contribution in [0.3, 0.4) is 0 Å². The molecule has 1 saturated heterocycles. The van der Waals surface area contributed by atoms with E-state index >= 15 is 0 Å². The van der Waals surface area contributed by atoms with Crippen molar-refractivity contribution in [3.63, 3.8) is 0 Å². The monoisotopic (exact) mass is 373 g/mol. The van der Waals surface area contributed by atoms with E-state index in [-0.39, 0.29) is 0 Å². The van der Waals surface area contributed by atoms with Crippen molar-refractivity contribution in [3.05, 3.63) is 70.8 Å². The van der Waals surface area contributed by atoms with Crippen LogP contribution in [0.5, 0.6) is 0 Å². The lowest BCUT2D eigenvalue weighted by Gasteiger charge is -2.29. The highest BCUT2D eigenvalue weighted by atomic mass is 15.2. The van der Waals surface area contributed by atoms with Crippen molar-refractivity contribution in [2.45, 2.75) is 51.2 Å². The van der Waals surface area contributed by atoms with Crippen LogP contribution in [-0.2, 0) is 19.5 Å². The van der Waals surface area contributed by atoms with E-state index in [1.165, 1.54) is 56.3 Å². The Kier molecular flexibility index (Phi) is 6.10. The summed E-state index contributed by atoms with van der Waals surface area (Å²) in [5, 5.41) is 9.38. The second kappa shape index (κ2) is 8.90. The van der Waals surface area contributed by atoms with Gasteiger partial charge in [-0.2, -0.15) is 5.26 Å². The fourth-order valence-corrected chi connectivity index (χ4v) is 4.35. The van der Waals surface area contributed by atoms with Gasteiger partial charge in [0.05, 0.1) is 11.6 Å². The Morgan fingerprint density at radius 1 is 0.929 bits per heavy atom. The van der Waals surface area contributed by atoms with Crippen molar-refractivity contribution in [1.29, 1.82) is 5.26 Å². The van der Waals surface area contributed by atoms with Gasteiger partial charge in [-0.15, -0.1) is 0 Å². The molecule has 2 fully saturated rings. The number of hydrogen-bond donors (Lipinski definition) is 0. The van der Waals surface area contributed by atoms with E-state index in [1.54, 1.807) is 0 Å². The molecular formula is C25H31N3. The molecule has 3 heteroatoms. The predicted octanol–water partition coefficient (Wildman–Crippen LogP) is 4.61. The van der Waals surface area contributed by atoms with Gasteiger partial charge in [0.2, 0.25) is 0 Å². The molecule has 0 radical (unpaired) electrons. The van der Waals surface area contributed by atoms with E-state index in [2.05, 4.69) is 53.2 Å². The van der Waals surface area contributed by atoms with Crippen molar-refractivity contribution in [3.8, 4) is 6.07 Å². The molecule has 0 spiro atoms. The number of rotatable bonds is 7. The molecule has 0 aromatic heterocycles. The summed E-state index contributed by atoms with van der Waals surface area (Å²) in [5.74, 6) is 0.840. The summed E-state index contributed by atoms with van der Waals surface area (Å²) in [6, 6.07) is 20.3. The van der Waals surface area contributed by atoms with E-state index in [9.17, 15) is 5.26 Å². The summed E-state index contributed by atoms with van der Waals surface area (Å²) in [6.45, 7) is 4.32. The van der Waals surface area contributed by atoms with Gasteiger partial charge in [-0.25, -0.2) is 0 Å². The molecule has 4 rings (SSSR count). The van der Waals surface area contributed by atoms with Gasteiger partial charge in [0, 0.05) is 19.1 Å². The highest BCUT2D eigenvalue weighted by molar-refractivity contribution is 5.37. The largest absolute Gasteiger partial charge is 0.306 e. The van der Waals surface area contributed by atoms with Crippen LogP contribution < -0.4 is 0 Å². The fourth-order valence-electron chi connectivity index (χ4n) is 4.35. The molecule has 2 aromatic rings. The molecule has 146 valence electrons. The van der Waals surface area contributed by atoms with Crippen LogP contribution >= 0.6 is 0 Å². The molecule has 1 heterocycles. The molecule has 0 unspecified atom stereocenters. The first kappa shape index (κ1) is 19.2. The lowest BCUT2D eigenvalue weighted by atomic mass is 9.90. The Morgan fingerprint density at radius 3 is 2.29 bits per heavy atom. The van der Waals surface area contributed by atoms with Gasteiger partial charge < -0.3 is 4.90 Å². The van der Waals surface area contributed by atoms with Crippen LogP contribution in [0, 0.1) is 17.2 Å². The normalized spacial score (nSPS) is 18.3. The SMILES string of the molecule is CN1CCC(Cc2ccc(CN(Cc3ccccc3C#N)C3CC3)cc2)CC1. The fraction of sp³-hybridized carbons (Fsp3) is 0.480. The Balaban J connectivity index is 1.37. The third kappa shape index (κ3) is 5.01. The maximum absolute atomic E-state index is 9.38. The van der Waals surface area contributed by atoms with Crippen molar-refractivity contribution in [2.75, 3.05) is 20.1 Å². The van der Waals surface area contributed by atoms with Crippen LogP contribution in [0.1, 0.15) is 47.9 Å². The molecule has 3 nitrogen and oxygen atoms in total. The van der Waals surface area contributed by atoms with Crippen molar-refractivity contribution in [2.24, 2.45) is 5.92 Å². The molecule has 0 N–H and O–H groups in total. The van der Waals surface area contributed by atoms with Gasteiger partial charge in [0.15, 0.2) is 0 Å². The summed E-state index contributed by atoms with van der Waals surface area (Å²) < 4.78 is 0. The number of piperidine rings is 1. The van der Waals surface area contributed by atoms with Crippen LogP contribution in [0.4, 0.5) is 0 Å². The highest BCUT2D eigenvalue weighted by Crippen LogP contribution is 2.30. The van der Waals surface area contributed by atoms with Gasteiger partial charge in [-0.05, 0) is 80.9 Å². The first-order chi connectivity index (χ1) is 13.7. The van der Waals surface area contributed by atoms with Gasteiger partial charge in [-0.3, -0.25) is 4.90 Å². The minimum Gasteiger partial charge on any atom is -0.306 e. The minimum absolute atomic E-state index is 0.672. The summed E-state index contributed by atoms with van der Waals surface area (Å²) in [5.41, 5.74) is 4.82. The van der Waals surface area contributed by atoms with Crippen molar-refractivity contribution >= 4 is 0 Å². The average Bonchev–Trinajstić information content (AvgIpc) is 3.56. The Labute approximate surface area is 169 Å². The summed E-state index contributed by atoms with van der Waals surface area (Å²) in [6.07, 6.45) is 6.43. The molecule has 1 aliphatic carbocycles. The number of benzene rings is 2. The smallest absolute Gasteiger partial charge is 0.0995 e. The van der Waals surface area contributed by atoms with E-state index in [1.807, 2.05) is 18.2 Å². The second-order valence-corrected chi connectivity index (χ2v) is 8.67. The second-order valence-electron chi connectivity index (χ2n) is 8.67. The predicted molar refractivity (Wildman–Crippen MR) is 114 cm³/mol. The molecule has 1 saturated carbocycles. The van der Waals surface area contributed by atoms with Gasteiger partial charge in [-0.1, -0.05) is 42.5 Å². The lowest BCUT2D eigenvalue weighted by Crippen LogP contribution is -2.30.